The molecular weight excluding hydrogens is 236 g/mol. The summed E-state index contributed by atoms with van der Waals surface area (Å²) in [7, 11) is 0. The predicted molar refractivity (Wildman–Crippen MR) is 51.4 cm³/mol. The van der Waals surface area contributed by atoms with Crippen LogP contribution in [0.15, 0.2) is 16.9 Å². The van der Waals surface area contributed by atoms with Gasteiger partial charge in [-0.25, -0.2) is 4.98 Å². The lowest BCUT2D eigenvalue weighted by atomic mass is 10.3. The van der Waals surface area contributed by atoms with Crippen molar-refractivity contribution >= 4 is 21.8 Å². The van der Waals surface area contributed by atoms with Crippen molar-refractivity contribution in [3.05, 3.63) is 22.4 Å². The van der Waals surface area contributed by atoms with Gasteiger partial charge in [-0.1, -0.05) is 0 Å². The first-order chi connectivity index (χ1) is 6.11. The maximum absolute atomic E-state index is 10.4. The molecule has 0 saturated heterocycles. The topological polar surface area (TPSA) is 65.2 Å². The van der Waals surface area contributed by atoms with Gasteiger partial charge < -0.3 is 10.5 Å². The molecule has 4 nitrogen and oxygen atoms in total. The number of primary amides is 1. The van der Waals surface area contributed by atoms with Gasteiger partial charge in [0.25, 0.3) is 5.91 Å². The molecule has 0 fully saturated rings. The highest BCUT2D eigenvalue weighted by atomic mass is 79.9. The number of nitrogens with two attached hydrogens (primary N) is 1. The van der Waals surface area contributed by atoms with Crippen LogP contribution in [0, 0.1) is 6.92 Å². The molecule has 0 saturated carbocycles. The van der Waals surface area contributed by atoms with Crippen molar-refractivity contribution in [1.29, 1.82) is 0 Å². The maximum atomic E-state index is 10.4. The fourth-order valence-electron chi connectivity index (χ4n) is 0.799. The number of rotatable bonds is 3. The van der Waals surface area contributed by atoms with Crippen LogP contribution in [0.2, 0.25) is 0 Å². The van der Waals surface area contributed by atoms with E-state index in [4.69, 9.17) is 10.5 Å². The monoisotopic (exact) mass is 244 g/mol. The molecule has 0 aliphatic heterocycles. The Bertz CT molecular complexity index is 328. The zero-order chi connectivity index (χ0) is 9.84. The molecule has 0 spiro atoms. The Kier molecular flexibility index (Phi) is 3.25. The molecule has 0 aliphatic carbocycles. The highest BCUT2D eigenvalue weighted by Gasteiger charge is 2.04. The summed E-state index contributed by atoms with van der Waals surface area (Å²) < 4.78 is 5.84. The molecule has 70 valence electrons. The molecule has 5 heteroatoms. The van der Waals surface area contributed by atoms with E-state index in [9.17, 15) is 4.79 Å². The minimum absolute atomic E-state index is 0.114. The van der Waals surface area contributed by atoms with Crippen molar-refractivity contribution in [1.82, 2.24) is 4.98 Å². The van der Waals surface area contributed by atoms with Crippen LogP contribution in [0.25, 0.3) is 0 Å². The van der Waals surface area contributed by atoms with Crippen molar-refractivity contribution in [2.45, 2.75) is 6.92 Å². The lowest BCUT2D eigenvalue weighted by Gasteiger charge is -2.07. The van der Waals surface area contributed by atoms with E-state index in [1.807, 2.05) is 6.92 Å². The van der Waals surface area contributed by atoms with E-state index in [2.05, 4.69) is 20.9 Å². The zero-order valence-corrected chi connectivity index (χ0v) is 8.67. The summed E-state index contributed by atoms with van der Waals surface area (Å²) in [6.45, 7) is 1.73. The van der Waals surface area contributed by atoms with Crippen LogP contribution in [-0.2, 0) is 4.79 Å². The van der Waals surface area contributed by atoms with Crippen LogP contribution >= 0.6 is 15.9 Å². The normalized spacial score (nSPS) is 9.69. The standard InChI is InChI=1S/C8H9BrN2O2/c1-5-6(13-4-7(10)12)2-3-11-8(5)9/h2-3H,4H2,1H3,(H2,10,12). The molecule has 0 radical (unpaired) electrons. The zero-order valence-electron chi connectivity index (χ0n) is 7.08. The molecule has 0 aromatic carbocycles. The van der Waals surface area contributed by atoms with Gasteiger partial charge in [0.1, 0.15) is 10.4 Å². The summed E-state index contributed by atoms with van der Waals surface area (Å²) >= 11 is 3.25. The number of ether oxygens (including phenoxy) is 1. The van der Waals surface area contributed by atoms with E-state index in [1.54, 1.807) is 12.3 Å². The first-order valence-corrected chi connectivity index (χ1v) is 4.42. The smallest absolute Gasteiger partial charge is 0.255 e. The Morgan fingerprint density at radius 3 is 3.08 bits per heavy atom. The van der Waals surface area contributed by atoms with Crippen LogP contribution in [0.3, 0.4) is 0 Å². The minimum atomic E-state index is -0.493. The molecular formula is C8H9BrN2O2. The third-order valence-electron chi connectivity index (χ3n) is 1.46. The second kappa shape index (κ2) is 4.23. The van der Waals surface area contributed by atoms with Gasteiger partial charge in [0.05, 0.1) is 0 Å². The van der Waals surface area contributed by atoms with E-state index in [0.29, 0.717) is 10.4 Å². The van der Waals surface area contributed by atoms with Gasteiger partial charge in [0, 0.05) is 11.8 Å². The van der Waals surface area contributed by atoms with Gasteiger partial charge in [0.2, 0.25) is 0 Å². The Labute approximate surface area is 84.2 Å². The number of halogens is 1. The summed E-state index contributed by atoms with van der Waals surface area (Å²) in [4.78, 5) is 14.4. The van der Waals surface area contributed by atoms with Gasteiger partial charge in [0.15, 0.2) is 6.61 Å². The third-order valence-corrected chi connectivity index (χ3v) is 2.26. The van der Waals surface area contributed by atoms with E-state index < -0.39 is 5.91 Å². The van der Waals surface area contributed by atoms with Crippen molar-refractivity contribution in [2.24, 2.45) is 5.73 Å². The van der Waals surface area contributed by atoms with E-state index in [0.717, 1.165) is 5.56 Å². The summed E-state index contributed by atoms with van der Waals surface area (Å²) in [5.74, 6) is 0.119. The van der Waals surface area contributed by atoms with Crippen LogP contribution < -0.4 is 10.5 Å². The Morgan fingerprint density at radius 2 is 2.46 bits per heavy atom. The molecule has 2 N–H and O–H groups in total. The van der Waals surface area contributed by atoms with Gasteiger partial charge in [-0.3, -0.25) is 4.79 Å². The lowest BCUT2D eigenvalue weighted by molar-refractivity contribution is -0.119. The van der Waals surface area contributed by atoms with E-state index >= 15 is 0 Å². The van der Waals surface area contributed by atoms with Crippen molar-refractivity contribution < 1.29 is 9.53 Å². The molecule has 1 amide bonds. The van der Waals surface area contributed by atoms with Crippen molar-refractivity contribution in [3.63, 3.8) is 0 Å². The molecule has 1 aromatic heterocycles. The Hall–Kier alpha value is -1.10. The van der Waals surface area contributed by atoms with Crippen LogP contribution in [0.5, 0.6) is 5.75 Å². The van der Waals surface area contributed by atoms with Crippen LogP contribution in [-0.4, -0.2) is 17.5 Å². The van der Waals surface area contributed by atoms with E-state index in [1.165, 1.54) is 0 Å². The molecule has 0 aliphatic rings. The Morgan fingerprint density at radius 1 is 1.77 bits per heavy atom. The van der Waals surface area contributed by atoms with Gasteiger partial charge in [-0.2, -0.15) is 0 Å². The largest absolute Gasteiger partial charge is 0.483 e. The second-order valence-corrected chi connectivity index (χ2v) is 3.23. The van der Waals surface area contributed by atoms with Gasteiger partial charge >= 0.3 is 0 Å². The van der Waals surface area contributed by atoms with Gasteiger partial charge in [-0.05, 0) is 28.9 Å². The molecule has 1 aromatic rings. The molecule has 13 heavy (non-hydrogen) atoms. The van der Waals surface area contributed by atoms with Crippen LogP contribution in [0.4, 0.5) is 0 Å². The summed E-state index contributed by atoms with van der Waals surface area (Å²) in [6, 6.07) is 1.68. The lowest BCUT2D eigenvalue weighted by Crippen LogP contribution is -2.20. The maximum Gasteiger partial charge on any atom is 0.255 e. The SMILES string of the molecule is Cc1c(OCC(N)=O)ccnc1Br. The number of hydrogen-bond acceptors (Lipinski definition) is 3. The fourth-order valence-corrected chi connectivity index (χ4v) is 1.11. The minimum Gasteiger partial charge on any atom is -0.483 e. The average molecular weight is 245 g/mol. The van der Waals surface area contributed by atoms with Crippen molar-refractivity contribution in [2.75, 3.05) is 6.61 Å². The average Bonchev–Trinajstić information content (AvgIpc) is 2.07. The molecule has 1 rings (SSSR count). The fraction of sp³-hybridized carbons (Fsp3) is 0.250. The molecule has 1 heterocycles. The van der Waals surface area contributed by atoms with Gasteiger partial charge in [-0.15, -0.1) is 0 Å². The second-order valence-electron chi connectivity index (χ2n) is 2.48. The summed E-state index contributed by atoms with van der Waals surface area (Å²) in [5.41, 5.74) is 5.79. The molecule has 0 bridgehead atoms. The quantitative estimate of drug-likeness (QED) is 0.808. The molecule has 0 atom stereocenters. The number of aromatic nitrogens is 1. The van der Waals surface area contributed by atoms with Crippen molar-refractivity contribution in [3.8, 4) is 5.75 Å². The first kappa shape index (κ1) is 9.98. The summed E-state index contributed by atoms with van der Waals surface area (Å²) in [6.07, 6.45) is 1.59. The predicted octanol–water partition coefficient (Wildman–Crippen LogP) is 1.02. The number of pyridine rings is 1. The number of hydrogen-bond donors (Lipinski definition) is 1. The number of carbonyl (C=O) groups is 1. The Balaban J connectivity index is 2.77. The highest BCUT2D eigenvalue weighted by Crippen LogP contribution is 2.22. The summed E-state index contributed by atoms with van der Waals surface area (Å²) in [5, 5.41) is 0. The van der Waals surface area contributed by atoms with E-state index in [-0.39, 0.29) is 6.61 Å². The third kappa shape index (κ3) is 2.69. The number of amides is 1. The first-order valence-electron chi connectivity index (χ1n) is 3.63. The number of carbonyl (C=O) groups excluding carboxylic acids is 1. The number of nitrogens with zero attached hydrogens (tertiary/aromatic N) is 1. The molecule has 0 unspecified atom stereocenters. The van der Waals surface area contributed by atoms with Crippen LogP contribution in [0.1, 0.15) is 5.56 Å². The highest BCUT2D eigenvalue weighted by molar-refractivity contribution is 9.10.